The molecule has 0 atom stereocenters. The molecule has 1 N–H and O–H groups in total. The summed E-state index contributed by atoms with van der Waals surface area (Å²) in [5.41, 5.74) is 0.947. The Morgan fingerprint density at radius 3 is 2.82 bits per heavy atom. The van der Waals surface area contributed by atoms with Crippen molar-refractivity contribution in [3.63, 3.8) is 0 Å². The maximum absolute atomic E-state index is 5.90. The quantitative estimate of drug-likeness (QED) is 0.895. The number of nitrogens with zero attached hydrogens (tertiary/aromatic N) is 2. The van der Waals surface area contributed by atoms with E-state index in [-0.39, 0.29) is 0 Å². The van der Waals surface area contributed by atoms with Crippen molar-refractivity contribution in [2.24, 2.45) is 0 Å². The summed E-state index contributed by atoms with van der Waals surface area (Å²) in [6.07, 6.45) is 3.74. The fourth-order valence-corrected chi connectivity index (χ4v) is 2.32. The minimum atomic E-state index is 0.367. The van der Waals surface area contributed by atoms with Gasteiger partial charge in [-0.3, -0.25) is 0 Å². The van der Waals surface area contributed by atoms with Crippen molar-refractivity contribution in [3.8, 4) is 0 Å². The van der Waals surface area contributed by atoms with Crippen molar-refractivity contribution in [2.45, 2.75) is 19.9 Å². The molecule has 0 unspecified atom stereocenters. The number of rotatable bonds is 3. The van der Waals surface area contributed by atoms with Gasteiger partial charge in [-0.25, -0.2) is 4.98 Å². The number of imidazole rings is 1. The molecule has 0 saturated heterocycles. The predicted octanol–water partition coefficient (Wildman–Crippen LogP) is 4.62. The highest BCUT2D eigenvalue weighted by Gasteiger charge is 2.08. The molecule has 0 bridgehead atoms. The van der Waals surface area contributed by atoms with E-state index in [4.69, 9.17) is 11.6 Å². The number of hydrogen-bond donors (Lipinski definition) is 1. The zero-order valence-corrected chi connectivity index (χ0v) is 12.0. The van der Waals surface area contributed by atoms with Crippen LogP contribution in [-0.4, -0.2) is 9.55 Å². The zero-order valence-electron chi connectivity index (χ0n) is 9.61. The van der Waals surface area contributed by atoms with Crippen molar-refractivity contribution in [1.82, 2.24) is 9.55 Å². The van der Waals surface area contributed by atoms with Gasteiger partial charge in [0.2, 0.25) is 5.95 Å². The summed E-state index contributed by atoms with van der Waals surface area (Å²) < 4.78 is 2.99. The Morgan fingerprint density at radius 2 is 2.18 bits per heavy atom. The third-order valence-corrected chi connectivity index (χ3v) is 3.29. The molecule has 3 nitrogen and oxygen atoms in total. The summed E-state index contributed by atoms with van der Waals surface area (Å²) in [7, 11) is 0. The molecule has 0 aliphatic carbocycles. The van der Waals surface area contributed by atoms with Crippen LogP contribution in [0.3, 0.4) is 0 Å². The molecule has 0 amide bonds. The smallest absolute Gasteiger partial charge is 0.207 e. The van der Waals surface area contributed by atoms with E-state index in [1.54, 1.807) is 6.20 Å². The average Bonchev–Trinajstić information content (AvgIpc) is 2.70. The highest BCUT2D eigenvalue weighted by atomic mass is 79.9. The summed E-state index contributed by atoms with van der Waals surface area (Å²) in [5, 5.41) is 3.98. The second kappa shape index (κ2) is 5.10. The molecule has 0 saturated carbocycles. The third kappa shape index (κ3) is 2.82. The Bertz CT molecular complexity index is 522. The van der Waals surface area contributed by atoms with E-state index in [0.29, 0.717) is 11.1 Å². The maximum atomic E-state index is 5.90. The average molecular weight is 315 g/mol. The van der Waals surface area contributed by atoms with Gasteiger partial charge in [-0.2, -0.15) is 0 Å². The van der Waals surface area contributed by atoms with Crippen LogP contribution in [0.5, 0.6) is 0 Å². The first-order valence-electron chi connectivity index (χ1n) is 5.33. The van der Waals surface area contributed by atoms with E-state index in [0.717, 1.165) is 16.1 Å². The van der Waals surface area contributed by atoms with Gasteiger partial charge in [0.25, 0.3) is 0 Å². The SMILES string of the molecule is CC(C)n1ccnc1Nc1ccc(Cl)cc1Br. The van der Waals surface area contributed by atoms with Crippen LogP contribution in [0.1, 0.15) is 19.9 Å². The molecule has 0 spiro atoms. The van der Waals surface area contributed by atoms with Crippen LogP contribution in [-0.2, 0) is 0 Å². The van der Waals surface area contributed by atoms with Crippen molar-refractivity contribution in [2.75, 3.05) is 5.32 Å². The molecule has 5 heteroatoms. The monoisotopic (exact) mass is 313 g/mol. The van der Waals surface area contributed by atoms with E-state index >= 15 is 0 Å². The Hall–Kier alpha value is -1.000. The lowest BCUT2D eigenvalue weighted by atomic mass is 10.3. The van der Waals surface area contributed by atoms with Crippen LogP contribution in [0.2, 0.25) is 5.02 Å². The topological polar surface area (TPSA) is 29.9 Å². The molecule has 90 valence electrons. The normalized spacial score (nSPS) is 10.9. The summed E-state index contributed by atoms with van der Waals surface area (Å²) in [6.45, 7) is 4.23. The number of aromatic nitrogens is 2. The van der Waals surface area contributed by atoms with E-state index in [1.165, 1.54) is 0 Å². The van der Waals surface area contributed by atoms with Crippen molar-refractivity contribution in [3.05, 3.63) is 40.1 Å². The maximum Gasteiger partial charge on any atom is 0.207 e. The van der Waals surface area contributed by atoms with Gasteiger partial charge >= 0.3 is 0 Å². The fraction of sp³-hybridized carbons (Fsp3) is 0.250. The minimum absolute atomic E-state index is 0.367. The summed E-state index contributed by atoms with van der Waals surface area (Å²) in [5.74, 6) is 0.822. The minimum Gasteiger partial charge on any atom is -0.325 e. The highest BCUT2D eigenvalue weighted by Crippen LogP contribution is 2.28. The van der Waals surface area contributed by atoms with E-state index < -0.39 is 0 Å². The molecule has 0 aliphatic heterocycles. The van der Waals surface area contributed by atoms with Gasteiger partial charge < -0.3 is 9.88 Å². The molecule has 0 fully saturated rings. The van der Waals surface area contributed by atoms with Crippen LogP contribution < -0.4 is 5.32 Å². The summed E-state index contributed by atoms with van der Waals surface area (Å²) in [4.78, 5) is 4.29. The second-order valence-electron chi connectivity index (χ2n) is 4.00. The number of anilines is 2. The molecule has 1 aromatic heterocycles. The Balaban J connectivity index is 2.28. The molecular formula is C12H13BrClN3. The standard InChI is InChI=1S/C12H13BrClN3/c1-8(2)17-6-5-15-12(17)16-11-4-3-9(14)7-10(11)13/h3-8H,1-2H3,(H,15,16). The lowest BCUT2D eigenvalue weighted by Gasteiger charge is -2.13. The first-order valence-corrected chi connectivity index (χ1v) is 6.50. The molecule has 1 heterocycles. The second-order valence-corrected chi connectivity index (χ2v) is 5.29. The molecule has 2 aromatic rings. The molecule has 0 radical (unpaired) electrons. The predicted molar refractivity (Wildman–Crippen MR) is 75.0 cm³/mol. The van der Waals surface area contributed by atoms with Crippen LogP contribution in [0.4, 0.5) is 11.6 Å². The third-order valence-electron chi connectivity index (χ3n) is 2.40. The summed E-state index contributed by atoms with van der Waals surface area (Å²) >= 11 is 9.37. The van der Waals surface area contributed by atoms with Gasteiger partial charge in [0.05, 0.1) is 5.69 Å². The van der Waals surface area contributed by atoms with Crippen molar-refractivity contribution in [1.29, 1.82) is 0 Å². The van der Waals surface area contributed by atoms with Crippen LogP contribution in [0.15, 0.2) is 35.1 Å². The van der Waals surface area contributed by atoms with Gasteiger partial charge in [-0.15, -0.1) is 0 Å². The van der Waals surface area contributed by atoms with Crippen LogP contribution in [0, 0.1) is 0 Å². The number of benzene rings is 1. The lowest BCUT2D eigenvalue weighted by molar-refractivity contribution is 0.608. The zero-order chi connectivity index (χ0) is 12.4. The molecule has 1 aromatic carbocycles. The van der Waals surface area contributed by atoms with Gasteiger partial charge in [0, 0.05) is 27.9 Å². The number of halogens is 2. The lowest BCUT2D eigenvalue weighted by Crippen LogP contribution is -2.05. The fourth-order valence-electron chi connectivity index (χ4n) is 1.54. The largest absolute Gasteiger partial charge is 0.325 e. The van der Waals surface area contributed by atoms with Crippen LogP contribution >= 0.6 is 27.5 Å². The van der Waals surface area contributed by atoms with E-state index in [9.17, 15) is 0 Å². The first kappa shape index (κ1) is 12.5. The van der Waals surface area contributed by atoms with Gasteiger partial charge in [0.15, 0.2) is 0 Å². The molecule has 0 aliphatic rings. The molecular weight excluding hydrogens is 302 g/mol. The Kier molecular flexibility index (Phi) is 3.74. The summed E-state index contributed by atoms with van der Waals surface area (Å²) in [6, 6.07) is 5.99. The molecule has 17 heavy (non-hydrogen) atoms. The van der Waals surface area contributed by atoms with Crippen molar-refractivity contribution >= 4 is 39.2 Å². The van der Waals surface area contributed by atoms with Gasteiger partial charge in [-0.1, -0.05) is 11.6 Å². The molecule has 2 rings (SSSR count). The van der Waals surface area contributed by atoms with E-state index in [1.807, 2.05) is 24.4 Å². The van der Waals surface area contributed by atoms with Gasteiger partial charge in [0.1, 0.15) is 0 Å². The van der Waals surface area contributed by atoms with E-state index in [2.05, 4.69) is 44.6 Å². The van der Waals surface area contributed by atoms with Crippen LogP contribution in [0.25, 0.3) is 0 Å². The van der Waals surface area contributed by atoms with Crippen molar-refractivity contribution < 1.29 is 0 Å². The van der Waals surface area contributed by atoms with Gasteiger partial charge in [-0.05, 0) is 48.0 Å². The first-order chi connectivity index (χ1) is 8.08. The highest BCUT2D eigenvalue weighted by molar-refractivity contribution is 9.10. The number of nitrogens with one attached hydrogen (secondary N) is 1. The Morgan fingerprint density at radius 1 is 1.41 bits per heavy atom. The number of hydrogen-bond acceptors (Lipinski definition) is 2. The Labute approximate surface area is 114 Å².